The predicted molar refractivity (Wildman–Crippen MR) is 56.5 cm³/mol. The Morgan fingerprint density at radius 2 is 1.79 bits per heavy atom. The number of hydrogen-bond donors (Lipinski definition) is 0. The van der Waals surface area contributed by atoms with Crippen molar-refractivity contribution >= 4 is 0 Å². The van der Waals surface area contributed by atoms with Gasteiger partial charge in [-0.3, -0.25) is 0 Å². The molecule has 0 unspecified atom stereocenters. The molecule has 1 aromatic rings. The van der Waals surface area contributed by atoms with Gasteiger partial charge in [0.1, 0.15) is 0 Å². The third kappa shape index (κ3) is 2.44. The summed E-state index contributed by atoms with van der Waals surface area (Å²) in [5.74, 6) is 0. The van der Waals surface area contributed by atoms with Gasteiger partial charge in [0.05, 0.1) is 6.61 Å². The third-order valence-corrected chi connectivity index (χ3v) is 2.57. The predicted octanol–water partition coefficient (Wildman–Crippen LogP) is 2.56. The first-order valence-electron chi connectivity index (χ1n) is 5.05. The molecule has 0 saturated carbocycles. The number of ether oxygens (including phenoxy) is 1. The summed E-state index contributed by atoms with van der Waals surface area (Å²) in [6.45, 7) is 9.07. The van der Waals surface area contributed by atoms with E-state index in [9.17, 15) is 0 Å². The van der Waals surface area contributed by atoms with E-state index in [0.29, 0.717) is 12.6 Å². The van der Waals surface area contributed by atoms with Crippen LogP contribution in [0.2, 0.25) is 0 Å². The lowest BCUT2D eigenvalue weighted by molar-refractivity contribution is 0.311. The van der Waals surface area contributed by atoms with E-state index in [2.05, 4.69) is 30.7 Å². The summed E-state index contributed by atoms with van der Waals surface area (Å²) in [6.07, 6.45) is 4.77. The van der Waals surface area contributed by atoms with Crippen molar-refractivity contribution in [2.75, 3.05) is 6.61 Å². The third-order valence-electron chi connectivity index (χ3n) is 2.57. The van der Waals surface area contributed by atoms with Gasteiger partial charge in [0, 0.05) is 12.4 Å². The van der Waals surface area contributed by atoms with Crippen LogP contribution < -0.4 is 4.74 Å². The number of hydrogen-bond acceptors (Lipinski definition) is 3. The van der Waals surface area contributed by atoms with Crippen LogP contribution >= 0.6 is 0 Å². The highest BCUT2D eigenvalue weighted by atomic mass is 16.5. The first-order chi connectivity index (χ1) is 6.60. The Morgan fingerprint density at radius 3 is 2.21 bits per heavy atom. The summed E-state index contributed by atoms with van der Waals surface area (Å²) in [5.41, 5.74) is 1.30. The summed E-state index contributed by atoms with van der Waals surface area (Å²) in [6, 6.07) is 0.461. The molecule has 1 rings (SSSR count). The average molecular weight is 194 g/mol. The highest BCUT2D eigenvalue weighted by molar-refractivity contribution is 5.17. The van der Waals surface area contributed by atoms with Crippen molar-refractivity contribution in [1.29, 1.82) is 0 Å². The largest absolute Gasteiger partial charge is 0.464 e. The van der Waals surface area contributed by atoms with Gasteiger partial charge >= 0.3 is 6.01 Å². The lowest BCUT2D eigenvalue weighted by Gasteiger charge is -2.22. The molecule has 0 N–H and O–H groups in total. The average Bonchev–Trinajstić information content (AvgIpc) is 2.19. The summed E-state index contributed by atoms with van der Waals surface area (Å²) >= 11 is 0. The van der Waals surface area contributed by atoms with E-state index in [4.69, 9.17) is 4.74 Å². The maximum Gasteiger partial charge on any atom is 0.316 e. The molecule has 0 aliphatic heterocycles. The number of aromatic nitrogens is 2. The maximum atomic E-state index is 5.18. The summed E-state index contributed by atoms with van der Waals surface area (Å²) in [4.78, 5) is 8.30. The lowest BCUT2D eigenvalue weighted by atomic mass is 9.84. The Morgan fingerprint density at radius 1 is 1.21 bits per heavy atom. The van der Waals surface area contributed by atoms with Crippen LogP contribution in [0.1, 0.15) is 39.7 Å². The first kappa shape index (κ1) is 11.0. The van der Waals surface area contributed by atoms with Crippen LogP contribution in [0, 0.1) is 0 Å². The van der Waals surface area contributed by atoms with Crippen molar-refractivity contribution in [3.8, 4) is 6.01 Å². The van der Waals surface area contributed by atoms with E-state index in [-0.39, 0.29) is 5.41 Å². The van der Waals surface area contributed by atoms with Gasteiger partial charge in [0.25, 0.3) is 0 Å². The van der Waals surface area contributed by atoms with Crippen LogP contribution in [0.4, 0.5) is 0 Å². The molecule has 0 radical (unpaired) electrons. The minimum absolute atomic E-state index is 0.144. The molecular formula is C11H18N2O. The summed E-state index contributed by atoms with van der Waals surface area (Å²) in [7, 11) is 0. The smallest absolute Gasteiger partial charge is 0.316 e. The molecule has 0 fully saturated rings. The molecule has 3 nitrogen and oxygen atoms in total. The molecule has 78 valence electrons. The van der Waals surface area contributed by atoms with Gasteiger partial charge in [0.15, 0.2) is 0 Å². The SMILES string of the molecule is CCOc1ncc(C(C)(C)CC)cn1. The van der Waals surface area contributed by atoms with Crippen LogP contribution in [-0.4, -0.2) is 16.6 Å². The molecule has 1 aromatic heterocycles. The van der Waals surface area contributed by atoms with E-state index in [1.807, 2.05) is 19.3 Å². The molecule has 0 saturated heterocycles. The number of rotatable bonds is 4. The molecule has 0 amide bonds. The summed E-state index contributed by atoms with van der Waals surface area (Å²) < 4.78 is 5.18. The van der Waals surface area contributed by atoms with Crippen LogP contribution in [-0.2, 0) is 5.41 Å². The molecule has 0 spiro atoms. The molecule has 0 aliphatic carbocycles. The van der Waals surface area contributed by atoms with Gasteiger partial charge in [-0.15, -0.1) is 0 Å². The monoisotopic (exact) mass is 194 g/mol. The second-order valence-corrected chi connectivity index (χ2v) is 3.92. The van der Waals surface area contributed by atoms with Crippen LogP contribution in [0.25, 0.3) is 0 Å². The molecule has 0 aromatic carbocycles. The Bertz CT molecular complexity index is 280. The Kier molecular flexibility index (Phi) is 3.44. The van der Waals surface area contributed by atoms with Crippen molar-refractivity contribution < 1.29 is 4.74 Å². The Balaban J connectivity index is 2.82. The molecule has 14 heavy (non-hydrogen) atoms. The van der Waals surface area contributed by atoms with Gasteiger partial charge in [-0.05, 0) is 24.3 Å². The first-order valence-corrected chi connectivity index (χ1v) is 5.05. The molecular weight excluding hydrogens is 176 g/mol. The minimum Gasteiger partial charge on any atom is -0.464 e. The van der Waals surface area contributed by atoms with E-state index in [1.165, 1.54) is 0 Å². The Hall–Kier alpha value is -1.12. The van der Waals surface area contributed by atoms with Gasteiger partial charge in [-0.2, -0.15) is 0 Å². The second kappa shape index (κ2) is 4.40. The topological polar surface area (TPSA) is 35.0 Å². The van der Waals surface area contributed by atoms with Crippen LogP contribution in [0.3, 0.4) is 0 Å². The highest BCUT2D eigenvalue weighted by Gasteiger charge is 2.18. The highest BCUT2D eigenvalue weighted by Crippen LogP contribution is 2.25. The zero-order valence-corrected chi connectivity index (χ0v) is 9.37. The zero-order chi connectivity index (χ0) is 10.6. The van der Waals surface area contributed by atoms with Crippen molar-refractivity contribution in [1.82, 2.24) is 9.97 Å². The van der Waals surface area contributed by atoms with Crippen molar-refractivity contribution in [2.45, 2.75) is 39.5 Å². The van der Waals surface area contributed by atoms with E-state index in [0.717, 1.165) is 12.0 Å². The van der Waals surface area contributed by atoms with Crippen molar-refractivity contribution in [2.24, 2.45) is 0 Å². The van der Waals surface area contributed by atoms with Gasteiger partial charge in [-0.25, -0.2) is 9.97 Å². The number of nitrogens with zero attached hydrogens (tertiary/aromatic N) is 2. The molecule has 0 aliphatic rings. The standard InChI is InChI=1S/C11H18N2O/c1-5-11(3,4)9-7-12-10(13-8-9)14-6-2/h7-8H,5-6H2,1-4H3. The quantitative estimate of drug-likeness (QED) is 0.739. The molecule has 3 heteroatoms. The fourth-order valence-electron chi connectivity index (χ4n) is 1.07. The van der Waals surface area contributed by atoms with E-state index < -0.39 is 0 Å². The molecule has 0 atom stereocenters. The van der Waals surface area contributed by atoms with E-state index in [1.54, 1.807) is 0 Å². The van der Waals surface area contributed by atoms with Gasteiger partial charge < -0.3 is 4.74 Å². The molecule has 1 heterocycles. The van der Waals surface area contributed by atoms with Crippen molar-refractivity contribution in [3.63, 3.8) is 0 Å². The summed E-state index contributed by atoms with van der Waals surface area (Å²) in [5, 5.41) is 0. The Labute approximate surface area is 85.5 Å². The normalized spacial score (nSPS) is 11.4. The lowest BCUT2D eigenvalue weighted by Crippen LogP contribution is -2.16. The maximum absolute atomic E-state index is 5.18. The van der Waals surface area contributed by atoms with Crippen LogP contribution in [0.15, 0.2) is 12.4 Å². The van der Waals surface area contributed by atoms with Gasteiger partial charge in [-0.1, -0.05) is 20.8 Å². The van der Waals surface area contributed by atoms with Crippen molar-refractivity contribution in [3.05, 3.63) is 18.0 Å². The zero-order valence-electron chi connectivity index (χ0n) is 9.37. The van der Waals surface area contributed by atoms with Gasteiger partial charge in [0.2, 0.25) is 0 Å². The van der Waals surface area contributed by atoms with Crippen LogP contribution in [0.5, 0.6) is 6.01 Å². The molecule has 0 bridgehead atoms. The second-order valence-electron chi connectivity index (χ2n) is 3.92. The minimum atomic E-state index is 0.144. The fraction of sp³-hybridized carbons (Fsp3) is 0.636. The van der Waals surface area contributed by atoms with E-state index >= 15 is 0 Å². The fourth-order valence-corrected chi connectivity index (χ4v) is 1.07.